The van der Waals surface area contributed by atoms with Crippen molar-refractivity contribution in [3.8, 4) is 5.75 Å². The number of aryl methyl sites for hydroxylation is 1. The van der Waals surface area contributed by atoms with Crippen molar-refractivity contribution in [3.63, 3.8) is 0 Å². The van der Waals surface area contributed by atoms with E-state index in [1.807, 2.05) is 20.8 Å². The fourth-order valence-corrected chi connectivity index (χ4v) is 5.17. The smallest absolute Gasteiger partial charge is 0.339 e. The molecule has 1 fully saturated rings. The van der Waals surface area contributed by atoms with E-state index in [0.717, 1.165) is 12.8 Å². The molecular weight excluding hydrogens is 434 g/mol. The summed E-state index contributed by atoms with van der Waals surface area (Å²) >= 11 is 0. The number of aromatic carboxylic acids is 1. The molecule has 2 aromatic rings. The van der Waals surface area contributed by atoms with Crippen molar-refractivity contribution in [1.29, 1.82) is 0 Å². The highest BCUT2D eigenvalue weighted by molar-refractivity contribution is 7.92. The van der Waals surface area contributed by atoms with Gasteiger partial charge in [0.15, 0.2) is 0 Å². The molecule has 32 heavy (non-hydrogen) atoms. The lowest BCUT2D eigenvalue weighted by Gasteiger charge is -2.25. The van der Waals surface area contributed by atoms with E-state index >= 15 is 0 Å². The molecule has 176 valence electrons. The molecule has 0 saturated carbocycles. The van der Waals surface area contributed by atoms with Gasteiger partial charge in [0, 0.05) is 32.5 Å². The van der Waals surface area contributed by atoms with Crippen molar-refractivity contribution >= 4 is 21.7 Å². The largest absolute Gasteiger partial charge is 0.492 e. The quantitative estimate of drug-likeness (QED) is 0.573. The number of carboxylic acids is 1. The minimum absolute atomic E-state index is 0.0516. The van der Waals surface area contributed by atoms with Gasteiger partial charge in [0.2, 0.25) is 0 Å². The fraction of sp³-hybridized carbons (Fsp3) is 0.545. The molecule has 0 bridgehead atoms. The fourth-order valence-electron chi connectivity index (χ4n) is 3.54. The molecule has 10 heteroatoms. The number of sulfonamides is 1. The second-order valence-corrected chi connectivity index (χ2v) is 10.2. The van der Waals surface area contributed by atoms with Gasteiger partial charge in [-0.25, -0.2) is 13.2 Å². The van der Waals surface area contributed by atoms with E-state index in [4.69, 9.17) is 9.47 Å². The van der Waals surface area contributed by atoms with Crippen LogP contribution in [0.5, 0.6) is 5.75 Å². The molecule has 9 nitrogen and oxygen atoms in total. The molecule has 0 radical (unpaired) electrons. The number of rotatable bonds is 10. The molecule has 0 amide bonds. The number of nitrogens with zero attached hydrogens (tertiary/aromatic N) is 3. The predicted molar refractivity (Wildman–Crippen MR) is 120 cm³/mol. The lowest BCUT2D eigenvalue weighted by molar-refractivity contribution is 0.0490. The monoisotopic (exact) mass is 465 g/mol. The van der Waals surface area contributed by atoms with Crippen LogP contribution in [0.25, 0.3) is 0 Å². The van der Waals surface area contributed by atoms with Crippen LogP contribution < -0.4 is 9.04 Å². The zero-order valence-electron chi connectivity index (χ0n) is 18.7. The van der Waals surface area contributed by atoms with E-state index in [-0.39, 0.29) is 34.6 Å². The first-order chi connectivity index (χ1) is 15.2. The van der Waals surface area contributed by atoms with Gasteiger partial charge in [-0.2, -0.15) is 5.10 Å². The Morgan fingerprint density at radius 1 is 1.34 bits per heavy atom. The standard InChI is InChI=1S/C22H31N3O6S/c1-4-24-14-18(12-23-24)25(13-16(2)3)32(28,29)19-5-6-21(20(11-19)22(26)27)31-15-17-7-9-30-10-8-17/h5-6,11-12,14,16-17H,4,7-10,13,15H2,1-3H3,(H,26,27). The number of aromatic nitrogens is 2. The third-order valence-corrected chi connectivity index (χ3v) is 7.14. The number of ether oxygens (including phenoxy) is 2. The SMILES string of the molecule is CCn1cc(N(CC(C)C)S(=O)(=O)c2ccc(OCC3CCOCC3)c(C(=O)O)c2)cn1. The lowest BCUT2D eigenvalue weighted by Crippen LogP contribution is -2.34. The van der Waals surface area contributed by atoms with Crippen LogP contribution in [-0.4, -0.2) is 55.6 Å². The van der Waals surface area contributed by atoms with Gasteiger partial charge in [-0.15, -0.1) is 0 Å². The molecule has 1 aromatic heterocycles. The molecule has 1 aliphatic heterocycles. The summed E-state index contributed by atoms with van der Waals surface area (Å²) in [5, 5.41) is 13.9. The van der Waals surface area contributed by atoms with Crippen molar-refractivity contribution in [1.82, 2.24) is 9.78 Å². The highest BCUT2D eigenvalue weighted by Crippen LogP contribution is 2.29. The van der Waals surface area contributed by atoms with E-state index < -0.39 is 16.0 Å². The van der Waals surface area contributed by atoms with Crippen molar-refractivity contribution in [3.05, 3.63) is 36.2 Å². The van der Waals surface area contributed by atoms with Gasteiger partial charge in [-0.1, -0.05) is 13.8 Å². The number of hydrogen-bond donors (Lipinski definition) is 1. The maximum Gasteiger partial charge on any atom is 0.339 e. The Bertz CT molecular complexity index is 1030. The zero-order chi connectivity index (χ0) is 23.3. The zero-order valence-corrected chi connectivity index (χ0v) is 19.5. The van der Waals surface area contributed by atoms with Crippen molar-refractivity contribution in [2.45, 2.75) is 45.1 Å². The molecule has 2 heterocycles. The molecule has 1 aromatic carbocycles. The molecule has 0 aliphatic carbocycles. The normalized spacial score (nSPS) is 15.1. The van der Waals surface area contributed by atoms with Crippen LogP contribution in [0.2, 0.25) is 0 Å². The topological polar surface area (TPSA) is 111 Å². The predicted octanol–water partition coefficient (Wildman–Crippen LogP) is 3.26. The molecule has 3 rings (SSSR count). The summed E-state index contributed by atoms with van der Waals surface area (Å²) in [5.41, 5.74) is 0.268. The van der Waals surface area contributed by atoms with Crippen LogP contribution >= 0.6 is 0 Å². The summed E-state index contributed by atoms with van der Waals surface area (Å²) in [6.45, 7) is 8.29. The first-order valence-corrected chi connectivity index (χ1v) is 12.3. The van der Waals surface area contributed by atoms with Gasteiger partial charge in [-0.3, -0.25) is 8.99 Å². The first-order valence-electron chi connectivity index (χ1n) is 10.9. The van der Waals surface area contributed by atoms with Crippen molar-refractivity contribution in [2.24, 2.45) is 11.8 Å². The van der Waals surface area contributed by atoms with Crippen LogP contribution in [0, 0.1) is 11.8 Å². The number of anilines is 1. The van der Waals surface area contributed by atoms with E-state index in [0.29, 0.717) is 32.1 Å². The summed E-state index contributed by atoms with van der Waals surface area (Å²) in [6.07, 6.45) is 4.88. The van der Waals surface area contributed by atoms with Crippen molar-refractivity contribution < 1.29 is 27.8 Å². The minimum Gasteiger partial charge on any atom is -0.492 e. The van der Waals surface area contributed by atoms with Crippen LogP contribution in [-0.2, 0) is 21.3 Å². The second kappa shape index (κ2) is 10.4. The van der Waals surface area contributed by atoms with Gasteiger partial charge in [-0.05, 0) is 49.8 Å². The number of hydrogen-bond acceptors (Lipinski definition) is 6. The molecule has 1 aliphatic rings. The average molecular weight is 466 g/mol. The third-order valence-electron chi connectivity index (χ3n) is 5.35. The lowest BCUT2D eigenvalue weighted by atomic mass is 10.0. The number of carboxylic acid groups (broad SMARTS) is 1. The third kappa shape index (κ3) is 5.60. The molecule has 1 saturated heterocycles. The summed E-state index contributed by atoms with van der Waals surface area (Å²) < 4.78 is 41.0. The summed E-state index contributed by atoms with van der Waals surface area (Å²) in [5.74, 6) is -0.739. The van der Waals surface area contributed by atoms with E-state index in [9.17, 15) is 18.3 Å². The van der Waals surface area contributed by atoms with Crippen LogP contribution in [0.4, 0.5) is 5.69 Å². The van der Waals surface area contributed by atoms with Gasteiger partial charge in [0.05, 0.1) is 23.4 Å². The highest BCUT2D eigenvalue weighted by Gasteiger charge is 2.29. The Balaban J connectivity index is 1.91. The van der Waals surface area contributed by atoms with E-state index in [1.165, 1.54) is 28.7 Å². The molecule has 0 atom stereocenters. The van der Waals surface area contributed by atoms with Crippen molar-refractivity contribution in [2.75, 3.05) is 30.7 Å². The Labute approximate surface area is 189 Å². The summed E-state index contributed by atoms with van der Waals surface area (Å²) in [7, 11) is -4.01. The first kappa shape index (κ1) is 24.1. The van der Waals surface area contributed by atoms with Gasteiger partial charge in [0.1, 0.15) is 11.3 Å². The Morgan fingerprint density at radius 2 is 2.06 bits per heavy atom. The van der Waals surface area contributed by atoms with Crippen LogP contribution in [0.3, 0.4) is 0 Å². The Morgan fingerprint density at radius 3 is 2.66 bits per heavy atom. The molecule has 0 spiro atoms. The average Bonchev–Trinajstić information content (AvgIpc) is 3.25. The Kier molecular flexibility index (Phi) is 7.78. The summed E-state index contributed by atoms with van der Waals surface area (Å²) in [4.78, 5) is 11.8. The van der Waals surface area contributed by atoms with E-state index in [1.54, 1.807) is 10.9 Å². The Hall–Kier alpha value is -2.59. The van der Waals surface area contributed by atoms with Gasteiger partial charge in [0.25, 0.3) is 10.0 Å². The minimum atomic E-state index is -4.01. The number of carbonyl (C=O) groups is 1. The van der Waals surface area contributed by atoms with Crippen LogP contribution in [0.15, 0.2) is 35.5 Å². The molecular formula is C22H31N3O6S. The maximum atomic E-state index is 13.5. The second-order valence-electron chi connectivity index (χ2n) is 8.31. The maximum absolute atomic E-state index is 13.5. The number of benzene rings is 1. The van der Waals surface area contributed by atoms with Gasteiger partial charge < -0.3 is 14.6 Å². The highest BCUT2D eigenvalue weighted by atomic mass is 32.2. The van der Waals surface area contributed by atoms with Gasteiger partial charge >= 0.3 is 5.97 Å². The molecule has 0 unspecified atom stereocenters. The van der Waals surface area contributed by atoms with E-state index in [2.05, 4.69) is 5.10 Å². The summed E-state index contributed by atoms with van der Waals surface area (Å²) in [6, 6.07) is 4.01. The molecule has 1 N–H and O–H groups in total. The van der Waals surface area contributed by atoms with Crippen LogP contribution in [0.1, 0.15) is 44.0 Å².